The van der Waals surface area contributed by atoms with Gasteiger partial charge in [0.25, 0.3) is 0 Å². The van der Waals surface area contributed by atoms with Gasteiger partial charge in [-0.3, -0.25) is 4.90 Å². The fraction of sp³-hybridized carbons (Fsp3) is 0.500. The molecule has 3 N–H and O–H groups in total. The third-order valence-corrected chi connectivity index (χ3v) is 6.16. The Balaban J connectivity index is 1.41. The molecular weight excluding hydrogens is 359 g/mol. The zero-order valence-electron chi connectivity index (χ0n) is 15.7. The molecule has 1 aromatic carbocycles. The predicted octanol–water partition coefficient (Wildman–Crippen LogP) is 1.66. The Morgan fingerprint density at radius 3 is 2.79 bits per heavy atom. The van der Waals surface area contributed by atoms with Crippen molar-refractivity contribution in [2.24, 2.45) is 0 Å². The first-order chi connectivity index (χ1) is 13.7. The van der Waals surface area contributed by atoms with Crippen molar-refractivity contribution in [3.63, 3.8) is 0 Å². The van der Waals surface area contributed by atoms with Crippen LogP contribution in [-0.2, 0) is 0 Å². The molecule has 28 heavy (non-hydrogen) atoms. The summed E-state index contributed by atoms with van der Waals surface area (Å²) in [6.07, 6.45) is 2.43. The smallest absolute Gasteiger partial charge is 0.172 e. The molecule has 2 fully saturated rings. The van der Waals surface area contributed by atoms with E-state index in [1.54, 1.807) is 0 Å². The third kappa shape index (κ3) is 3.16. The van der Waals surface area contributed by atoms with Gasteiger partial charge in [-0.15, -0.1) is 10.2 Å². The van der Waals surface area contributed by atoms with E-state index < -0.39 is 5.82 Å². The van der Waals surface area contributed by atoms with E-state index in [1.807, 2.05) is 6.07 Å². The highest BCUT2D eigenvalue weighted by Gasteiger charge is 2.35. The highest BCUT2D eigenvalue weighted by molar-refractivity contribution is 5.76. The number of phenolic OH excluding ortho intramolecular Hbond substituents is 1. The van der Waals surface area contributed by atoms with Crippen LogP contribution in [0.2, 0.25) is 0 Å². The maximum Gasteiger partial charge on any atom is 0.172 e. The van der Waals surface area contributed by atoms with Crippen LogP contribution in [0.25, 0.3) is 11.3 Å². The molecule has 3 aliphatic rings. The molecule has 0 amide bonds. The van der Waals surface area contributed by atoms with Crippen LogP contribution in [0, 0.1) is 5.82 Å². The van der Waals surface area contributed by atoms with Gasteiger partial charge in [-0.1, -0.05) is 0 Å². The Labute approximate surface area is 163 Å². The summed E-state index contributed by atoms with van der Waals surface area (Å²) < 4.78 is 13.7. The van der Waals surface area contributed by atoms with Crippen molar-refractivity contribution >= 4 is 11.5 Å². The van der Waals surface area contributed by atoms with Gasteiger partial charge in [0.1, 0.15) is 11.6 Å². The van der Waals surface area contributed by atoms with Crippen molar-refractivity contribution in [1.29, 1.82) is 0 Å². The zero-order chi connectivity index (χ0) is 19.1. The number of rotatable bonds is 2. The summed E-state index contributed by atoms with van der Waals surface area (Å²) in [5, 5.41) is 25.5. The Kier molecular flexibility index (Phi) is 4.52. The number of aromatic nitrogens is 2. The van der Waals surface area contributed by atoms with Crippen LogP contribution >= 0.6 is 0 Å². The van der Waals surface area contributed by atoms with E-state index in [4.69, 9.17) is 0 Å². The summed E-state index contributed by atoms with van der Waals surface area (Å²) in [7, 11) is 0. The minimum absolute atomic E-state index is 0.00620. The van der Waals surface area contributed by atoms with Crippen LogP contribution in [0.3, 0.4) is 0 Å². The van der Waals surface area contributed by atoms with Gasteiger partial charge >= 0.3 is 0 Å². The summed E-state index contributed by atoms with van der Waals surface area (Å²) in [6, 6.07) is 6.84. The van der Waals surface area contributed by atoms with Crippen LogP contribution in [0.1, 0.15) is 12.8 Å². The SMILES string of the molecule is Oc1ccc(F)cc1-c1cc2c(nn1)NC[C@H]1CN(C3CCNCC3)CCN21. The van der Waals surface area contributed by atoms with Crippen molar-refractivity contribution in [3.05, 3.63) is 30.1 Å². The Morgan fingerprint density at radius 2 is 1.93 bits per heavy atom. The lowest BCUT2D eigenvalue weighted by Crippen LogP contribution is -2.60. The monoisotopic (exact) mass is 384 g/mol. The Morgan fingerprint density at radius 1 is 1.07 bits per heavy atom. The highest BCUT2D eigenvalue weighted by atomic mass is 19.1. The minimum atomic E-state index is -0.404. The second-order valence-electron chi connectivity index (χ2n) is 7.83. The fourth-order valence-electron chi connectivity index (χ4n) is 4.66. The lowest BCUT2D eigenvalue weighted by Gasteiger charge is -2.48. The Bertz CT molecular complexity index is 872. The van der Waals surface area contributed by atoms with Crippen LogP contribution in [-0.4, -0.2) is 71.6 Å². The van der Waals surface area contributed by atoms with Gasteiger partial charge in [0.15, 0.2) is 5.82 Å². The summed E-state index contributed by atoms with van der Waals surface area (Å²) in [5.41, 5.74) is 1.83. The average Bonchev–Trinajstić information content (AvgIpc) is 2.75. The number of nitrogens with one attached hydrogen (secondary N) is 2. The van der Waals surface area contributed by atoms with E-state index in [0.717, 1.165) is 50.8 Å². The van der Waals surface area contributed by atoms with E-state index in [0.29, 0.717) is 23.3 Å². The summed E-state index contributed by atoms with van der Waals surface area (Å²) >= 11 is 0. The van der Waals surface area contributed by atoms with Gasteiger partial charge < -0.3 is 20.6 Å². The quantitative estimate of drug-likeness (QED) is 0.727. The normalized spacial score (nSPS) is 23.0. The number of aromatic hydroxyl groups is 1. The number of nitrogens with zero attached hydrogens (tertiary/aromatic N) is 4. The molecule has 0 aliphatic carbocycles. The van der Waals surface area contributed by atoms with Crippen LogP contribution in [0.4, 0.5) is 15.9 Å². The van der Waals surface area contributed by atoms with Crippen molar-refractivity contribution in [3.8, 4) is 17.0 Å². The molecule has 1 aromatic heterocycles. The van der Waals surface area contributed by atoms with E-state index in [9.17, 15) is 9.50 Å². The van der Waals surface area contributed by atoms with Crippen molar-refractivity contribution in [2.45, 2.75) is 24.9 Å². The van der Waals surface area contributed by atoms with Gasteiger partial charge in [-0.25, -0.2) is 4.39 Å². The Hall–Kier alpha value is -2.45. The van der Waals surface area contributed by atoms with Crippen molar-refractivity contribution in [2.75, 3.05) is 49.5 Å². The predicted molar refractivity (Wildman–Crippen MR) is 106 cm³/mol. The average molecular weight is 384 g/mol. The standard InChI is InChI=1S/C20H25FN6O/c21-13-1-2-19(28)16(9-13)17-10-18-20(25-24-17)23-11-15-12-26(7-8-27(15)18)14-3-5-22-6-4-14/h1-2,9-10,14-15,22,28H,3-8,11-12H2,(H,23,25)/t15-/m0/s1. The molecule has 0 radical (unpaired) electrons. The second kappa shape index (κ2) is 7.18. The van der Waals surface area contributed by atoms with Crippen LogP contribution < -0.4 is 15.5 Å². The second-order valence-corrected chi connectivity index (χ2v) is 7.83. The highest BCUT2D eigenvalue weighted by Crippen LogP contribution is 2.36. The first-order valence-corrected chi connectivity index (χ1v) is 10.0. The molecule has 7 nitrogen and oxygen atoms in total. The molecule has 1 atom stereocenters. The molecule has 4 heterocycles. The van der Waals surface area contributed by atoms with Gasteiger partial charge in [-0.05, 0) is 50.2 Å². The number of phenols is 1. The molecular formula is C20H25FN6O. The minimum Gasteiger partial charge on any atom is -0.507 e. The summed E-state index contributed by atoms with van der Waals surface area (Å²) in [4.78, 5) is 5.01. The summed E-state index contributed by atoms with van der Waals surface area (Å²) in [6.45, 7) is 6.04. The van der Waals surface area contributed by atoms with Crippen LogP contribution in [0.5, 0.6) is 5.75 Å². The molecule has 2 saturated heterocycles. The molecule has 0 spiro atoms. The van der Waals surface area contributed by atoms with Gasteiger partial charge in [0, 0.05) is 37.8 Å². The van der Waals surface area contributed by atoms with Gasteiger partial charge in [0.05, 0.1) is 17.4 Å². The zero-order valence-corrected chi connectivity index (χ0v) is 15.7. The molecule has 8 heteroatoms. The number of fused-ring (bicyclic) bond motifs is 3. The summed E-state index contributed by atoms with van der Waals surface area (Å²) in [5.74, 6) is 0.358. The topological polar surface area (TPSA) is 76.5 Å². The largest absolute Gasteiger partial charge is 0.507 e. The third-order valence-electron chi connectivity index (χ3n) is 6.16. The molecule has 0 saturated carbocycles. The number of piperazine rings is 1. The number of hydrogen-bond donors (Lipinski definition) is 3. The van der Waals surface area contributed by atoms with E-state index >= 15 is 0 Å². The molecule has 0 unspecified atom stereocenters. The van der Waals surface area contributed by atoms with Crippen molar-refractivity contribution < 1.29 is 9.50 Å². The number of hydrogen-bond acceptors (Lipinski definition) is 7. The first-order valence-electron chi connectivity index (χ1n) is 10.0. The number of halogens is 1. The van der Waals surface area contributed by atoms with E-state index in [2.05, 4.69) is 30.6 Å². The number of piperidine rings is 1. The lowest BCUT2D eigenvalue weighted by atomic mass is 10.00. The van der Waals surface area contributed by atoms with E-state index in [-0.39, 0.29) is 5.75 Å². The maximum atomic E-state index is 13.7. The molecule has 3 aliphatic heterocycles. The van der Waals surface area contributed by atoms with Gasteiger partial charge in [-0.2, -0.15) is 0 Å². The first kappa shape index (κ1) is 17.6. The molecule has 2 aromatic rings. The molecule has 5 rings (SSSR count). The fourth-order valence-corrected chi connectivity index (χ4v) is 4.66. The van der Waals surface area contributed by atoms with E-state index in [1.165, 1.54) is 31.0 Å². The van der Waals surface area contributed by atoms with Crippen molar-refractivity contribution in [1.82, 2.24) is 20.4 Å². The number of benzene rings is 1. The molecule has 0 bridgehead atoms. The van der Waals surface area contributed by atoms with Gasteiger partial charge in [0.2, 0.25) is 0 Å². The lowest BCUT2D eigenvalue weighted by molar-refractivity contribution is 0.135. The van der Waals surface area contributed by atoms with Crippen LogP contribution in [0.15, 0.2) is 24.3 Å². The number of anilines is 2. The molecule has 148 valence electrons. The maximum absolute atomic E-state index is 13.7.